The lowest BCUT2D eigenvalue weighted by molar-refractivity contribution is 0.186. The average Bonchev–Trinajstić information content (AvgIpc) is 2.44. The highest BCUT2D eigenvalue weighted by atomic mass is 79.9. The first-order valence-electron chi connectivity index (χ1n) is 6.52. The van der Waals surface area contributed by atoms with E-state index in [1.165, 1.54) is 0 Å². The normalized spacial score (nSPS) is 12.3. The van der Waals surface area contributed by atoms with E-state index in [2.05, 4.69) is 21.2 Å². The molecule has 0 amide bonds. The molecule has 2 nitrogen and oxygen atoms in total. The maximum atomic E-state index is 13.6. The molecule has 0 spiro atoms. The molecule has 0 fully saturated rings. The summed E-state index contributed by atoms with van der Waals surface area (Å²) in [5.41, 5.74) is 2.89. The molecule has 1 unspecified atom stereocenters. The Bertz CT molecular complexity index is 638. The van der Waals surface area contributed by atoms with E-state index < -0.39 is 17.7 Å². The largest absolute Gasteiger partial charge is 0.386 e. The summed E-state index contributed by atoms with van der Waals surface area (Å²) >= 11 is 3.48. The number of anilines is 1. The van der Waals surface area contributed by atoms with Crippen molar-refractivity contribution in [2.75, 3.05) is 11.9 Å². The Morgan fingerprint density at radius 1 is 1.14 bits per heavy atom. The van der Waals surface area contributed by atoms with Gasteiger partial charge in [-0.25, -0.2) is 8.78 Å². The highest BCUT2D eigenvalue weighted by Crippen LogP contribution is 2.26. The van der Waals surface area contributed by atoms with Crippen molar-refractivity contribution >= 4 is 21.6 Å². The van der Waals surface area contributed by atoms with Crippen molar-refractivity contribution in [1.82, 2.24) is 0 Å². The Morgan fingerprint density at radius 3 is 2.38 bits per heavy atom. The summed E-state index contributed by atoms with van der Waals surface area (Å²) in [6.07, 6.45) is -1.12. The van der Waals surface area contributed by atoms with Crippen LogP contribution >= 0.6 is 15.9 Å². The molecule has 0 saturated heterocycles. The van der Waals surface area contributed by atoms with Crippen molar-refractivity contribution in [3.05, 3.63) is 63.1 Å². The Hall–Kier alpha value is -1.46. The lowest BCUT2D eigenvalue weighted by atomic mass is 10.1. The van der Waals surface area contributed by atoms with E-state index in [-0.39, 0.29) is 12.1 Å². The van der Waals surface area contributed by atoms with Gasteiger partial charge in [0.25, 0.3) is 0 Å². The van der Waals surface area contributed by atoms with Gasteiger partial charge in [-0.05, 0) is 55.3 Å². The SMILES string of the molecule is Cc1cc(NCC(O)c2cc(F)ccc2F)cc(C)c1Br. The monoisotopic (exact) mass is 355 g/mol. The third kappa shape index (κ3) is 3.80. The molecule has 0 bridgehead atoms. The van der Waals surface area contributed by atoms with Gasteiger partial charge in [0, 0.05) is 22.3 Å². The zero-order valence-corrected chi connectivity index (χ0v) is 13.3. The number of nitrogens with one attached hydrogen (secondary N) is 1. The molecule has 2 aromatic carbocycles. The van der Waals surface area contributed by atoms with Crippen molar-refractivity contribution in [1.29, 1.82) is 0 Å². The van der Waals surface area contributed by atoms with Crippen molar-refractivity contribution in [3.63, 3.8) is 0 Å². The molecular weight excluding hydrogens is 340 g/mol. The Morgan fingerprint density at radius 2 is 1.76 bits per heavy atom. The molecule has 21 heavy (non-hydrogen) atoms. The van der Waals surface area contributed by atoms with E-state index in [1.54, 1.807) is 0 Å². The topological polar surface area (TPSA) is 32.3 Å². The number of rotatable bonds is 4. The van der Waals surface area contributed by atoms with Crippen LogP contribution in [-0.2, 0) is 0 Å². The van der Waals surface area contributed by atoms with Crippen LogP contribution in [-0.4, -0.2) is 11.7 Å². The van der Waals surface area contributed by atoms with E-state index in [4.69, 9.17) is 0 Å². The van der Waals surface area contributed by atoms with Crippen molar-refractivity contribution in [2.45, 2.75) is 20.0 Å². The standard InChI is InChI=1S/C16H16BrF2NO/c1-9-5-12(6-10(2)16(9)17)20-8-15(21)13-7-11(18)3-4-14(13)19/h3-7,15,20-21H,8H2,1-2H3. The first-order valence-corrected chi connectivity index (χ1v) is 7.31. The second kappa shape index (κ2) is 6.54. The molecule has 0 aliphatic carbocycles. The van der Waals surface area contributed by atoms with Gasteiger partial charge >= 0.3 is 0 Å². The van der Waals surface area contributed by atoms with Gasteiger partial charge in [-0.15, -0.1) is 0 Å². The third-order valence-corrected chi connectivity index (χ3v) is 4.50. The minimum absolute atomic E-state index is 0.0481. The van der Waals surface area contributed by atoms with Gasteiger partial charge < -0.3 is 10.4 Å². The summed E-state index contributed by atoms with van der Waals surface area (Å²) in [6, 6.07) is 6.90. The number of halogens is 3. The van der Waals surface area contributed by atoms with Crippen molar-refractivity contribution in [3.8, 4) is 0 Å². The second-order valence-corrected chi connectivity index (χ2v) is 5.78. The number of aliphatic hydroxyl groups is 1. The van der Waals surface area contributed by atoms with Crippen LogP contribution in [0.1, 0.15) is 22.8 Å². The average molecular weight is 356 g/mol. The highest BCUT2D eigenvalue weighted by Gasteiger charge is 2.14. The molecule has 112 valence electrons. The molecule has 0 radical (unpaired) electrons. The van der Waals surface area contributed by atoms with E-state index in [9.17, 15) is 13.9 Å². The van der Waals surface area contributed by atoms with E-state index in [0.717, 1.165) is 39.5 Å². The summed E-state index contributed by atoms with van der Waals surface area (Å²) in [4.78, 5) is 0. The van der Waals surface area contributed by atoms with Gasteiger partial charge in [0.1, 0.15) is 11.6 Å². The van der Waals surface area contributed by atoms with E-state index in [1.807, 2.05) is 26.0 Å². The predicted molar refractivity (Wildman–Crippen MR) is 83.4 cm³/mol. The van der Waals surface area contributed by atoms with Gasteiger partial charge in [-0.2, -0.15) is 0 Å². The van der Waals surface area contributed by atoms with Gasteiger partial charge in [0.2, 0.25) is 0 Å². The molecule has 0 aromatic heterocycles. The maximum Gasteiger partial charge on any atom is 0.129 e. The smallest absolute Gasteiger partial charge is 0.129 e. The van der Waals surface area contributed by atoms with Crippen LogP contribution in [0.4, 0.5) is 14.5 Å². The van der Waals surface area contributed by atoms with Crippen molar-refractivity contribution < 1.29 is 13.9 Å². The van der Waals surface area contributed by atoms with Crippen molar-refractivity contribution in [2.24, 2.45) is 0 Å². The molecule has 2 rings (SSSR count). The molecule has 0 saturated carbocycles. The van der Waals surface area contributed by atoms with Gasteiger partial charge in [-0.3, -0.25) is 0 Å². The van der Waals surface area contributed by atoms with Crippen LogP contribution < -0.4 is 5.32 Å². The molecule has 1 atom stereocenters. The molecule has 0 heterocycles. The molecule has 0 aliphatic heterocycles. The van der Waals surface area contributed by atoms with Gasteiger partial charge in [-0.1, -0.05) is 15.9 Å². The Balaban J connectivity index is 2.11. The van der Waals surface area contributed by atoms with E-state index in [0.29, 0.717) is 0 Å². The van der Waals surface area contributed by atoms with Crippen LogP contribution in [0.3, 0.4) is 0 Å². The molecule has 5 heteroatoms. The van der Waals surface area contributed by atoms with Crippen LogP contribution in [0.15, 0.2) is 34.8 Å². The Kier molecular flexibility index (Phi) is 4.96. The molecule has 2 N–H and O–H groups in total. The number of benzene rings is 2. The maximum absolute atomic E-state index is 13.6. The first-order chi connectivity index (χ1) is 9.88. The number of hydrogen-bond acceptors (Lipinski definition) is 2. The van der Waals surface area contributed by atoms with E-state index >= 15 is 0 Å². The minimum Gasteiger partial charge on any atom is -0.386 e. The summed E-state index contributed by atoms with van der Waals surface area (Å²) in [6.45, 7) is 4.02. The molecule has 2 aromatic rings. The Labute approximate surface area is 130 Å². The minimum atomic E-state index is -1.12. The second-order valence-electron chi connectivity index (χ2n) is 4.99. The number of aliphatic hydroxyl groups excluding tert-OH is 1. The fourth-order valence-corrected chi connectivity index (χ4v) is 2.37. The fourth-order valence-electron chi connectivity index (χ4n) is 2.14. The summed E-state index contributed by atoms with van der Waals surface area (Å²) < 4.78 is 27.7. The zero-order chi connectivity index (χ0) is 15.6. The summed E-state index contributed by atoms with van der Waals surface area (Å²) in [5.74, 6) is -1.19. The lowest BCUT2D eigenvalue weighted by Gasteiger charge is -2.15. The van der Waals surface area contributed by atoms with Gasteiger partial charge in [0.15, 0.2) is 0 Å². The quantitative estimate of drug-likeness (QED) is 0.846. The number of aryl methyl sites for hydroxylation is 2. The van der Waals surface area contributed by atoms with Crippen LogP contribution in [0.25, 0.3) is 0 Å². The molecule has 0 aliphatic rings. The van der Waals surface area contributed by atoms with Crippen LogP contribution in [0.5, 0.6) is 0 Å². The predicted octanol–water partition coefficient (Wildman–Crippen LogP) is 4.49. The lowest BCUT2D eigenvalue weighted by Crippen LogP contribution is -2.14. The van der Waals surface area contributed by atoms with Gasteiger partial charge in [0.05, 0.1) is 6.10 Å². The van der Waals surface area contributed by atoms with Crippen LogP contribution in [0, 0.1) is 25.5 Å². The zero-order valence-electron chi connectivity index (χ0n) is 11.8. The fraction of sp³-hybridized carbons (Fsp3) is 0.250. The van der Waals surface area contributed by atoms with Crippen LogP contribution in [0.2, 0.25) is 0 Å². The summed E-state index contributed by atoms with van der Waals surface area (Å²) in [5, 5.41) is 13.0. The highest BCUT2D eigenvalue weighted by molar-refractivity contribution is 9.10. The number of hydrogen-bond donors (Lipinski definition) is 2. The molecular formula is C16H16BrF2NO. The third-order valence-electron chi connectivity index (χ3n) is 3.25. The first kappa shape index (κ1) is 15.9. The summed E-state index contributed by atoms with van der Waals surface area (Å²) in [7, 11) is 0.